The summed E-state index contributed by atoms with van der Waals surface area (Å²) in [7, 11) is 1.41. The second kappa shape index (κ2) is 10.2. The lowest BCUT2D eigenvalue weighted by Crippen LogP contribution is -2.56. The number of halogens is 2. The topological polar surface area (TPSA) is 97.8 Å². The number of amides is 1. The molecule has 1 fully saturated rings. The number of aromatic nitrogens is 1. The molecule has 1 amide bonds. The number of rotatable bonds is 8. The fourth-order valence-corrected chi connectivity index (χ4v) is 3.95. The first-order chi connectivity index (χ1) is 15.2. The molecular weight excluding hydrogens is 439 g/mol. The summed E-state index contributed by atoms with van der Waals surface area (Å²) in [6.07, 6.45) is 3.73. The summed E-state index contributed by atoms with van der Waals surface area (Å²) in [6, 6.07) is 5.72. The van der Waals surface area contributed by atoms with Crippen molar-refractivity contribution in [2.24, 2.45) is 5.92 Å². The maximum absolute atomic E-state index is 13.9. The van der Waals surface area contributed by atoms with E-state index in [4.69, 9.17) is 21.1 Å². The van der Waals surface area contributed by atoms with E-state index in [9.17, 15) is 19.1 Å². The third-order valence-corrected chi connectivity index (χ3v) is 6.04. The van der Waals surface area contributed by atoms with Crippen molar-refractivity contribution in [3.63, 3.8) is 0 Å². The Morgan fingerprint density at radius 2 is 2.03 bits per heavy atom. The van der Waals surface area contributed by atoms with Crippen LogP contribution in [0.5, 0.6) is 11.6 Å². The molecule has 1 aliphatic rings. The van der Waals surface area contributed by atoms with E-state index in [2.05, 4.69) is 17.2 Å². The number of hydrogen-bond donors (Lipinski definition) is 2. The highest BCUT2D eigenvalue weighted by molar-refractivity contribution is 6.30. The molecule has 1 aromatic heterocycles. The summed E-state index contributed by atoms with van der Waals surface area (Å²) < 4.78 is 24.8. The molecule has 0 aliphatic heterocycles. The molecule has 1 aliphatic carbocycles. The summed E-state index contributed by atoms with van der Waals surface area (Å²) in [5.41, 5.74) is -0.753. The highest BCUT2D eigenvalue weighted by atomic mass is 35.5. The monoisotopic (exact) mass is 464 g/mol. The van der Waals surface area contributed by atoms with Crippen LogP contribution in [0.4, 0.5) is 4.39 Å². The molecule has 172 valence electrons. The van der Waals surface area contributed by atoms with Crippen LogP contribution >= 0.6 is 11.6 Å². The number of methoxy groups -OCH3 is 1. The molecule has 0 spiro atoms. The first-order valence-electron chi connectivity index (χ1n) is 10.4. The number of carbonyl (C=O) groups is 2. The van der Waals surface area contributed by atoms with Crippen LogP contribution in [0.1, 0.15) is 48.5 Å². The lowest BCUT2D eigenvalue weighted by molar-refractivity contribution is -0.146. The Kier molecular flexibility index (Phi) is 7.56. The largest absolute Gasteiger partial charge is 0.488 e. The number of carboxylic acid groups (broad SMARTS) is 1. The summed E-state index contributed by atoms with van der Waals surface area (Å²) in [6.45, 7) is 2.16. The fourth-order valence-electron chi connectivity index (χ4n) is 3.76. The summed E-state index contributed by atoms with van der Waals surface area (Å²) in [5, 5.41) is 12.9. The SMILES string of the molecule is COc1ncc(C(=O)N[C@]2(C(=O)O)CC[C@H](C)CC2)cc1OCCc1cc(Cl)ccc1F. The third kappa shape index (κ3) is 5.48. The van der Waals surface area contributed by atoms with Crippen LogP contribution in [0.3, 0.4) is 0 Å². The van der Waals surface area contributed by atoms with Crippen molar-refractivity contribution in [1.82, 2.24) is 10.3 Å². The van der Waals surface area contributed by atoms with E-state index in [1.165, 1.54) is 37.6 Å². The van der Waals surface area contributed by atoms with Gasteiger partial charge in [0.1, 0.15) is 11.4 Å². The van der Waals surface area contributed by atoms with Crippen LogP contribution in [0.15, 0.2) is 30.5 Å². The van der Waals surface area contributed by atoms with E-state index in [0.717, 1.165) is 12.8 Å². The van der Waals surface area contributed by atoms with Gasteiger partial charge >= 0.3 is 5.97 Å². The van der Waals surface area contributed by atoms with Gasteiger partial charge in [0.2, 0.25) is 0 Å². The number of benzene rings is 1. The first-order valence-corrected chi connectivity index (χ1v) is 10.8. The van der Waals surface area contributed by atoms with Crippen molar-refractivity contribution in [2.75, 3.05) is 13.7 Å². The van der Waals surface area contributed by atoms with Gasteiger partial charge in [-0.1, -0.05) is 18.5 Å². The van der Waals surface area contributed by atoms with Crippen LogP contribution in [-0.2, 0) is 11.2 Å². The van der Waals surface area contributed by atoms with Gasteiger partial charge in [0.15, 0.2) is 5.75 Å². The average Bonchev–Trinajstić information content (AvgIpc) is 2.77. The van der Waals surface area contributed by atoms with Crippen molar-refractivity contribution in [2.45, 2.75) is 44.6 Å². The minimum absolute atomic E-state index is 0.0946. The zero-order chi connectivity index (χ0) is 23.3. The van der Waals surface area contributed by atoms with Crippen LogP contribution in [0.2, 0.25) is 5.02 Å². The van der Waals surface area contributed by atoms with Gasteiger partial charge in [-0.3, -0.25) is 4.79 Å². The molecule has 1 saturated carbocycles. The molecule has 7 nitrogen and oxygen atoms in total. The molecule has 0 saturated heterocycles. The highest BCUT2D eigenvalue weighted by Crippen LogP contribution is 2.33. The second-order valence-corrected chi connectivity index (χ2v) is 8.53. The molecule has 2 aromatic rings. The third-order valence-electron chi connectivity index (χ3n) is 5.80. The molecule has 0 bridgehead atoms. The molecule has 1 aromatic carbocycles. The van der Waals surface area contributed by atoms with Gasteiger partial charge < -0.3 is 19.9 Å². The first kappa shape index (κ1) is 23.8. The van der Waals surface area contributed by atoms with Crippen molar-refractivity contribution in [1.29, 1.82) is 0 Å². The Hall–Kier alpha value is -2.87. The van der Waals surface area contributed by atoms with Crippen LogP contribution in [0, 0.1) is 11.7 Å². The molecule has 2 N–H and O–H groups in total. The van der Waals surface area contributed by atoms with Crippen molar-refractivity contribution < 1.29 is 28.6 Å². The Bertz CT molecular complexity index is 992. The predicted molar refractivity (Wildman–Crippen MR) is 117 cm³/mol. The highest BCUT2D eigenvalue weighted by Gasteiger charge is 2.42. The maximum Gasteiger partial charge on any atom is 0.329 e. The van der Waals surface area contributed by atoms with Crippen LogP contribution in [0.25, 0.3) is 0 Å². The second-order valence-electron chi connectivity index (χ2n) is 8.09. The molecule has 3 rings (SSSR count). The number of carbonyl (C=O) groups excluding carboxylic acids is 1. The van der Waals surface area contributed by atoms with Crippen molar-refractivity contribution >= 4 is 23.5 Å². The zero-order valence-corrected chi connectivity index (χ0v) is 18.7. The van der Waals surface area contributed by atoms with Crippen molar-refractivity contribution in [3.05, 3.63) is 52.4 Å². The molecule has 0 radical (unpaired) electrons. The standard InChI is InChI=1S/C23H26ClFN2O5/c1-14-5-8-23(9-6-14,22(29)30)27-20(28)16-12-19(21(31-2)26-13-16)32-10-7-15-11-17(24)3-4-18(15)25/h3-4,11-14H,5-10H2,1-2H3,(H,27,28)(H,29,30)/t14-,23+. The number of aliphatic carboxylic acids is 1. The number of ether oxygens (including phenoxy) is 2. The van der Waals surface area contributed by atoms with Gasteiger partial charge in [0.25, 0.3) is 11.8 Å². The Morgan fingerprint density at radius 1 is 1.31 bits per heavy atom. The zero-order valence-electron chi connectivity index (χ0n) is 18.0. The average molecular weight is 465 g/mol. The minimum atomic E-state index is -1.30. The Balaban J connectivity index is 1.72. The summed E-state index contributed by atoms with van der Waals surface area (Å²) >= 11 is 5.91. The van der Waals surface area contributed by atoms with E-state index in [1.807, 2.05) is 0 Å². The van der Waals surface area contributed by atoms with Gasteiger partial charge in [-0.15, -0.1) is 0 Å². The molecule has 0 atom stereocenters. The fraction of sp³-hybridized carbons (Fsp3) is 0.435. The number of pyridine rings is 1. The van der Waals surface area contributed by atoms with Gasteiger partial charge in [-0.2, -0.15) is 0 Å². The number of carboxylic acids is 1. The normalized spacial score (nSPS) is 20.4. The molecular formula is C23H26ClFN2O5. The number of hydrogen-bond acceptors (Lipinski definition) is 5. The van der Waals surface area contributed by atoms with Crippen LogP contribution in [-0.4, -0.2) is 41.2 Å². The van der Waals surface area contributed by atoms with Gasteiger partial charge in [0.05, 0.1) is 19.3 Å². The van der Waals surface area contributed by atoms with E-state index < -0.39 is 23.2 Å². The quantitative estimate of drug-likeness (QED) is 0.605. The lowest BCUT2D eigenvalue weighted by Gasteiger charge is -2.36. The molecule has 1 heterocycles. The van der Waals surface area contributed by atoms with Gasteiger partial charge in [-0.25, -0.2) is 14.2 Å². The molecule has 32 heavy (non-hydrogen) atoms. The minimum Gasteiger partial charge on any atom is -0.488 e. The van der Waals surface area contributed by atoms with Gasteiger partial charge in [0, 0.05) is 23.7 Å². The van der Waals surface area contributed by atoms with Gasteiger partial charge in [-0.05, 0) is 55.4 Å². The Labute approximate surface area is 190 Å². The van der Waals surface area contributed by atoms with E-state index in [1.54, 1.807) is 0 Å². The maximum atomic E-state index is 13.9. The van der Waals surface area contributed by atoms with E-state index >= 15 is 0 Å². The van der Waals surface area contributed by atoms with Crippen LogP contribution < -0.4 is 14.8 Å². The molecule has 9 heteroatoms. The smallest absolute Gasteiger partial charge is 0.329 e. The number of nitrogens with one attached hydrogen (secondary N) is 1. The van der Waals surface area contributed by atoms with E-state index in [0.29, 0.717) is 29.3 Å². The number of nitrogens with zero attached hydrogens (tertiary/aromatic N) is 1. The summed E-state index contributed by atoms with van der Waals surface area (Å²) in [4.78, 5) is 28.9. The Morgan fingerprint density at radius 3 is 2.69 bits per heavy atom. The van der Waals surface area contributed by atoms with E-state index in [-0.39, 0.29) is 30.2 Å². The lowest BCUT2D eigenvalue weighted by atomic mass is 9.77. The predicted octanol–water partition coefficient (Wildman–Crippen LogP) is 4.27. The summed E-state index contributed by atoms with van der Waals surface area (Å²) in [5.74, 6) is -1.21. The molecule has 0 unspecified atom stereocenters. The van der Waals surface area contributed by atoms with Crippen molar-refractivity contribution in [3.8, 4) is 11.6 Å².